The summed E-state index contributed by atoms with van der Waals surface area (Å²) in [5, 5.41) is 5.74. The molecule has 280 valence electrons. The Morgan fingerprint density at radius 1 is 0.379 bits per heavy atom. The Morgan fingerprint density at radius 3 is 1.33 bits per heavy atom. The summed E-state index contributed by atoms with van der Waals surface area (Å²) in [4.78, 5) is 2.62. The highest BCUT2D eigenvalue weighted by molar-refractivity contribution is 7.22. The molecule has 0 atom stereocenters. The Hall–Kier alpha value is -6.22. The molecule has 0 spiro atoms. The van der Waals surface area contributed by atoms with E-state index < -0.39 is 8.07 Å². The topological polar surface area (TPSA) is 3.24 Å². The Labute approximate surface area is 344 Å². The van der Waals surface area contributed by atoms with E-state index in [-0.39, 0.29) is 10.8 Å². The number of hydrogen-bond donors (Lipinski definition) is 0. The summed E-state index contributed by atoms with van der Waals surface area (Å²) in [6.07, 6.45) is 0. The van der Waals surface area contributed by atoms with Crippen molar-refractivity contribution in [2.24, 2.45) is 0 Å². The maximum atomic E-state index is 2.62. The van der Waals surface area contributed by atoms with Crippen molar-refractivity contribution in [3.8, 4) is 33.4 Å². The van der Waals surface area contributed by atoms with Gasteiger partial charge in [-0.05, 0) is 121 Å². The zero-order chi connectivity index (χ0) is 39.6. The number of benzene rings is 8. The SMILES string of the molecule is Cc1ccc([Si]2(c3ccc(C)cc3)c3ccccc3-c3cccc(N(c4ccc5c(c4)C(C)(C)c4ccccc4-5)c4ccc5c(c4)C(C)(C)c4ccccc4-5)c32)cc1. The fourth-order valence-corrected chi connectivity index (χ4v) is 16.3. The number of anilines is 3. The second-order valence-electron chi connectivity index (χ2n) is 17.9. The van der Waals surface area contributed by atoms with Crippen LogP contribution in [0.15, 0.2) is 176 Å². The second kappa shape index (κ2) is 12.4. The fraction of sp³-hybridized carbons (Fsp3) is 0.143. The van der Waals surface area contributed by atoms with Crippen LogP contribution in [0.5, 0.6) is 0 Å². The monoisotopic (exact) mass is 761 g/mol. The summed E-state index contributed by atoms with van der Waals surface area (Å²) in [5.41, 5.74) is 19.5. The first-order valence-electron chi connectivity index (χ1n) is 20.8. The summed E-state index contributed by atoms with van der Waals surface area (Å²) in [5.74, 6) is 0. The lowest BCUT2D eigenvalue weighted by atomic mass is 9.82. The molecule has 2 heteroatoms. The molecule has 0 radical (unpaired) electrons. The summed E-state index contributed by atoms with van der Waals surface area (Å²) in [6, 6.07) is 67.9. The van der Waals surface area contributed by atoms with Gasteiger partial charge in [0.15, 0.2) is 8.07 Å². The van der Waals surface area contributed by atoms with Crippen LogP contribution >= 0.6 is 0 Å². The highest BCUT2D eigenvalue weighted by Gasteiger charge is 2.51. The van der Waals surface area contributed by atoms with Gasteiger partial charge in [-0.3, -0.25) is 0 Å². The van der Waals surface area contributed by atoms with E-state index in [0.717, 1.165) is 0 Å². The molecule has 0 saturated carbocycles. The summed E-state index contributed by atoms with van der Waals surface area (Å²) in [7, 11) is -2.89. The second-order valence-corrected chi connectivity index (χ2v) is 21.6. The quantitative estimate of drug-likeness (QED) is 0.158. The third-order valence-corrected chi connectivity index (χ3v) is 18.8. The van der Waals surface area contributed by atoms with Crippen molar-refractivity contribution in [3.05, 3.63) is 209 Å². The van der Waals surface area contributed by atoms with E-state index in [0.29, 0.717) is 0 Å². The highest BCUT2D eigenvalue weighted by Crippen LogP contribution is 2.53. The normalized spacial score (nSPS) is 15.5. The first-order chi connectivity index (χ1) is 28.1. The largest absolute Gasteiger partial charge is 0.311 e. The molecule has 3 aliphatic rings. The Kier molecular flexibility index (Phi) is 7.47. The number of rotatable bonds is 5. The van der Waals surface area contributed by atoms with Crippen molar-refractivity contribution < 1.29 is 0 Å². The zero-order valence-electron chi connectivity index (χ0n) is 34.2. The van der Waals surface area contributed by atoms with Crippen LogP contribution in [-0.4, -0.2) is 8.07 Å². The van der Waals surface area contributed by atoms with Gasteiger partial charge in [0.2, 0.25) is 0 Å². The minimum Gasteiger partial charge on any atom is -0.311 e. The lowest BCUT2D eigenvalue weighted by molar-refractivity contribution is 0.660. The molecule has 0 fully saturated rings. The molecule has 0 amide bonds. The Bertz CT molecular complexity index is 2810. The van der Waals surface area contributed by atoms with Crippen LogP contribution < -0.4 is 25.6 Å². The van der Waals surface area contributed by atoms with Crippen molar-refractivity contribution >= 4 is 45.9 Å². The zero-order valence-corrected chi connectivity index (χ0v) is 35.2. The van der Waals surface area contributed by atoms with Gasteiger partial charge in [-0.2, -0.15) is 0 Å². The number of hydrogen-bond acceptors (Lipinski definition) is 1. The maximum absolute atomic E-state index is 2.89. The van der Waals surface area contributed by atoms with E-state index in [4.69, 9.17) is 0 Å². The maximum Gasteiger partial charge on any atom is 0.183 e. The molecule has 1 nitrogen and oxygen atoms in total. The molecule has 58 heavy (non-hydrogen) atoms. The molecular formula is C56H47NSi. The first-order valence-corrected chi connectivity index (χ1v) is 22.8. The van der Waals surface area contributed by atoms with Crippen molar-refractivity contribution in [2.75, 3.05) is 4.90 Å². The van der Waals surface area contributed by atoms with Gasteiger partial charge in [0.25, 0.3) is 0 Å². The van der Waals surface area contributed by atoms with Crippen molar-refractivity contribution in [1.82, 2.24) is 0 Å². The lowest BCUT2D eigenvalue weighted by Gasteiger charge is -2.37. The number of aryl methyl sites for hydroxylation is 2. The van der Waals surface area contributed by atoms with Gasteiger partial charge in [0, 0.05) is 27.9 Å². The third kappa shape index (κ3) is 4.70. The smallest absolute Gasteiger partial charge is 0.183 e. The average molecular weight is 762 g/mol. The van der Waals surface area contributed by atoms with Crippen LogP contribution in [0.25, 0.3) is 33.4 Å². The van der Waals surface area contributed by atoms with E-state index in [1.807, 2.05) is 0 Å². The van der Waals surface area contributed by atoms with E-state index in [1.54, 1.807) is 0 Å². The van der Waals surface area contributed by atoms with Gasteiger partial charge in [0.1, 0.15) is 0 Å². The highest BCUT2D eigenvalue weighted by atomic mass is 28.3. The van der Waals surface area contributed by atoms with Crippen LogP contribution in [0.2, 0.25) is 0 Å². The van der Waals surface area contributed by atoms with E-state index in [2.05, 4.69) is 222 Å². The molecule has 0 bridgehead atoms. The predicted molar refractivity (Wildman–Crippen MR) is 248 cm³/mol. The van der Waals surface area contributed by atoms with Crippen molar-refractivity contribution in [2.45, 2.75) is 52.4 Å². The average Bonchev–Trinajstić information content (AvgIpc) is 3.77. The van der Waals surface area contributed by atoms with E-state index in [1.165, 1.54) is 105 Å². The molecule has 0 aromatic heterocycles. The van der Waals surface area contributed by atoms with Crippen molar-refractivity contribution in [3.63, 3.8) is 0 Å². The molecule has 1 heterocycles. The van der Waals surface area contributed by atoms with Crippen LogP contribution in [0.1, 0.15) is 61.1 Å². The molecule has 0 saturated heterocycles. The summed E-state index contributed by atoms with van der Waals surface area (Å²) in [6.45, 7) is 14.0. The number of fused-ring (bicyclic) bond motifs is 9. The fourth-order valence-electron chi connectivity index (χ4n) is 11.0. The lowest BCUT2D eigenvalue weighted by Crippen LogP contribution is -2.73. The van der Waals surface area contributed by atoms with Gasteiger partial charge >= 0.3 is 0 Å². The molecule has 8 aromatic carbocycles. The Morgan fingerprint density at radius 2 is 0.810 bits per heavy atom. The predicted octanol–water partition coefficient (Wildman–Crippen LogP) is 11.7. The van der Waals surface area contributed by atoms with Gasteiger partial charge in [0.05, 0.1) is 0 Å². The first kappa shape index (κ1) is 35.0. The van der Waals surface area contributed by atoms with Gasteiger partial charge in [-0.25, -0.2) is 0 Å². The van der Waals surface area contributed by atoms with E-state index >= 15 is 0 Å². The van der Waals surface area contributed by atoms with Crippen LogP contribution in [0.3, 0.4) is 0 Å². The van der Waals surface area contributed by atoms with E-state index in [9.17, 15) is 0 Å². The molecule has 2 aliphatic carbocycles. The Balaban J connectivity index is 1.24. The minimum atomic E-state index is -2.89. The molecule has 0 N–H and O–H groups in total. The molecule has 11 rings (SSSR count). The standard InChI is InChI=1S/C56H47NSi/c1-36-22-28-40(29-23-36)58(41-30-24-37(2)25-31-41)53-21-12-9-16-46(53)47-17-13-20-52(54(47)58)57(38-26-32-44-42-14-7-10-18-48(42)55(3,4)50(44)34-38)39-27-33-45-43-15-8-11-19-49(43)56(5,6)51(45)35-39/h7-35H,1-6H3. The van der Waals surface area contributed by atoms with Gasteiger partial charge < -0.3 is 4.90 Å². The van der Waals surface area contributed by atoms with Crippen molar-refractivity contribution in [1.29, 1.82) is 0 Å². The molecule has 1 aliphatic heterocycles. The van der Waals surface area contributed by atoms with Crippen LogP contribution in [0.4, 0.5) is 17.1 Å². The van der Waals surface area contributed by atoms with Crippen LogP contribution in [-0.2, 0) is 10.8 Å². The van der Waals surface area contributed by atoms with Gasteiger partial charge in [-0.15, -0.1) is 0 Å². The van der Waals surface area contributed by atoms with Gasteiger partial charge in [-0.1, -0.05) is 184 Å². The van der Waals surface area contributed by atoms with Crippen LogP contribution in [0, 0.1) is 13.8 Å². The summed E-state index contributed by atoms with van der Waals surface area (Å²) >= 11 is 0. The minimum absolute atomic E-state index is 0.133. The number of nitrogens with zero attached hydrogens (tertiary/aromatic N) is 1. The summed E-state index contributed by atoms with van der Waals surface area (Å²) < 4.78 is 0. The molecular weight excluding hydrogens is 715 g/mol. The molecule has 0 unspecified atom stereocenters. The molecule has 8 aromatic rings. The third-order valence-electron chi connectivity index (χ3n) is 13.9.